The summed E-state index contributed by atoms with van der Waals surface area (Å²) in [7, 11) is 0. The summed E-state index contributed by atoms with van der Waals surface area (Å²) in [5, 5.41) is 15.3. The molecular formula is C18H24F3N3O5S. The summed E-state index contributed by atoms with van der Waals surface area (Å²) >= 11 is 1.39. The van der Waals surface area contributed by atoms with E-state index in [0.717, 1.165) is 25.2 Å². The Kier molecular flexibility index (Phi) is 10.6. The largest absolute Gasteiger partial charge is 0.490 e. The molecule has 1 fully saturated rings. The maximum Gasteiger partial charge on any atom is 0.490 e. The Bertz CT molecular complexity index is 764. The van der Waals surface area contributed by atoms with E-state index in [4.69, 9.17) is 14.6 Å². The molecular weight excluding hydrogens is 427 g/mol. The van der Waals surface area contributed by atoms with E-state index in [0.29, 0.717) is 19.6 Å². The highest BCUT2D eigenvalue weighted by atomic mass is 32.2. The molecule has 0 aliphatic carbocycles. The van der Waals surface area contributed by atoms with Crippen molar-refractivity contribution in [2.75, 3.05) is 19.7 Å². The average molecular weight is 451 g/mol. The minimum absolute atomic E-state index is 0.141. The number of halogens is 3. The van der Waals surface area contributed by atoms with Crippen LogP contribution in [0.4, 0.5) is 13.2 Å². The first-order valence-electron chi connectivity index (χ1n) is 9.10. The zero-order valence-electron chi connectivity index (χ0n) is 16.6. The van der Waals surface area contributed by atoms with E-state index in [1.54, 1.807) is 18.5 Å². The average Bonchev–Trinajstić information content (AvgIpc) is 3.09. The molecule has 0 radical (unpaired) electrons. The number of carboxylic acids is 1. The van der Waals surface area contributed by atoms with E-state index >= 15 is 0 Å². The summed E-state index contributed by atoms with van der Waals surface area (Å²) < 4.78 is 38.4. The van der Waals surface area contributed by atoms with Crippen molar-refractivity contribution in [1.29, 1.82) is 0 Å². The SMILES string of the molecule is CCOC(=O)CCn1ccc(/C=C2\CNCC[C@H]2SC(C)=O)n1.O=C(O)C(F)(F)F. The fraction of sp³-hybridized carbons (Fsp3) is 0.556. The molecule has 2 rings (SSSR count). The van der Waals surface area contributed by atoms with Crippen molar-refractivity contribution in [2.24, 2.45) is 0 Å². The van der Waals surface area contributed by atoms with Crippen LogP contribution < -0.4 is 5.32 Å². The summed E-state index contributed by atoms with van der Waals surface area (Å²) in [6, 6.07) is 1.92. The number of piperidine rings is 1. The fourth-order valence-corrected chi connectivity index (χ4v) is 3.39. The lowest BCUT2D eigenvalue weighted by atomic mass is 10.0. The lowest BCUT2D eigenvalue weighted by Crippen LogP contribution is -2.32. The standard InChI is InChI=1S/C16H23N3O3S.C2HF3O2/c1-3-22-16(21)6-9-19-8-5-14(18-19)10-13-11-17-7-4-15(13)23-12(2)20;3-2(4,5)1(6)7/h5,8,10,15,17H,3-4,6-7,9,11H2,1-2H3;(H,6,7)/b13-10+;/t15-;/m1./s1. The highest BCUT2D eigenvalue weighted by Crippen LogP contribution is 2.26. The van der Waals surface area contributed by atoms with Gasteiger partial charge in [0.25, 0.3) is 0 Å². The highest BCUT2D eigenvalue weighted by molar-refractivity contribution is 8.14. The molecule has 1 aliphatic rings. The van der Waals surface area contributed by atoms with Gasteiger partial charge in [-0.25, -0.2) is 4.79 Å². The fourth-order valence-electron chi connectivity index (χ4n) is 2.45. The summed E-state index contributed by atoms with van der Waals surface area (Å²) in [5.41, 5.74) is 2.04. The zero-order valence-corrected chi connectivity index (χ0v) is 17.4. The molecule has 1 saturated heterocycles. The minimum atomic E-state index is -5.08. The number of hydrogen-bond donors (Lipinski definition) is 2. The minimum Gasteiger partial charge on any atom is -0.475 e. The van der Waals surface area contributed by atoms with Crippen molar-refractivity contribution in [3.8, 4) is 0 Å². The number of esters is 1. The number of rotatable bonds is 6. The maximum atomic E-state index is 11.4. The van der Waals surface area contributed by atoms with Gasteiger partial charge in [0.2, 0.25) is 0 Å². The van der Waals surface area contributed by atoms with Crippen molar-refractivity contribution < 1.29 is 37.4 Å². The van der Waals surface area contributed by atoms with Crippen LogP contribution in [-0.4, -0.2) is 63.1 Å². The van der Waals surface area contributed by atoms with Gasteiger partial charge < -0.3 is 15.2 Å². The Morgan fingerprint density at radius 3 is 2.67 bits per heavy atom. The van der Waals surface area contributed by atoms with Crippen LogP contribution in [0, 0.1) is 0 Å². The monoisotopic (exact) mass is 451 g/mol. The van der Waals surface area contributed by atoms with Crippen molar-refractivity contribution >= 4 is 34.9 Å². The Balaban J connectivity index is 0.000000553. The number of hydrogen-bond acceptors (Lipinski definition) is 7. The van der Waals surface area contributed by atoms with Gasteiger partial charge in [-0.1, -0.05) is 11.8 Å². The number of aliphatic carboxylic acids is 1. The lowest BCUT2D eigenvalue weighted by Gasteiger charge is -2.24. The molecule has 2 heterocycles. The smallest absolute Gasteiger partial charge is 0.475 e. The Morgan fingerprint density at radius 2 is 2.10 bits per heavy atom. The Labute approximate surface area is 175 Å². The van der Waals surface area contributed by atoms with Gasteiger partial charge >= 0.3 is 18.1 Å². The van der Waals surface area contributed by atoms with Crippen LogP contribution in [0.15, 0.2) is 17.8 Å². The number of nitrogens with one attached hydrogen (secondary N) is 1. The summed E-state index contributed by atoms with van der Waals surface area (Å²) in [5.74, 6) is -2.97. The number of carbonyl (C=O) groups is 3. The van der Waals surface area contributed by atoms with Gasteiger partial charge in [-0.2, -0.15) is 18.3 Å². The van der Waals surface area contributed by atoms with Crippen LogP contribution in [-0.2, 0) is 25.7 Å². The van der Waals surface area contributed by atoms with Crippen LogP contribution in [0.25, 0.3) is 6.08 Å². The number of alkyl halides is 3. The van der Waals surface area contributed by atoms with Gasteiger partial charge in [0.05, 0.1) is 25.3 Å². The first-order chi connectivity index (χ1) is 14.0. The van der Waals surface area contributed by atoms with E-state index in [2.05, 4.69) is 10.4 Å². The summed E-state index contributed by atoms with van der Waals surface area (Å²) in [4.78, 5) is 31.6. The van der Waals surface area contributed by atoms with Crippen LogP contribution in [0.5, 0.6) is 0 Å². The second kappa shape index (κ2) is 12.4. The quantitative estimate of drug-likeness (QED) is 0.635. The molecule has 1 atom stereocenters. The van der Waals surface area contributed by atoms with Gasteiger partial charge in [0.1, 0.15) is 0 Å². The molecule has 0 aromatic carbocycles. The highest BCUT2D eigenvalue weighted by Gasteiger charge is 2.38. The van der Waals surface area contributed by atoms with Gasteiger partial charge in [-0.3, -0.25) is 14.3 Å². The van der Waals surface area contributed by atoms with E-state index in [1.165, 1.54) is 17.3 Å². The molecule has 30 heavy (non-hydrogen) atoms. The van der Waals surface area contributed by atoms with Crippen molar-refractivity contribution in [1.82, 2.24) is 15.1 Å². The topological polar surface area (TPSA) is 111 Å². The van der Waals surface area contributed by atoms with E-state index in [9.17, 15) is 22.8 Å². The van der Waals surface area contributed by atoms with Gasteiger partial charge in [-0.05, 0) is 37.6 Å². The molecule has 0 unspecified atom stereocenters. The molecule has 2 N–H and O–H groups in total. The van der Waals surface area contributed by atoms with Crippen LogP contribution in [0.1, 0.15) is 32.4 Å². The third-order valence-electron chi connectivity index (χ3n) is 3.72. The molecule has 0 saturated carbocycles. The normalized spacial score (nSPS) is 17.8. The first kappa shape index (κ1) is 25.7. The number of aryl methyl sites for hydroxylation is 1. The number of aromatic nitrogens is 2. The molecule has 8 nitrogen and oxygen atoms in total. The molecule has 0 bridgehead atoms. The first-order valence-corrected chi connectivity index (χ1v) is 9.98. The van der Waals surface area contributed by atoms with Gasteiger partial charge in [0.15, 0.2) is 5.12 Å². The Morgan fingerprint density at radius 1 is 1.43 bits per heavy atom. The molecule has 1 aliphatic heterocycles. The number of carboxylic acid groups (broad SMARTS) is 1. The van der Waals surface area contributed by atoms with Crippen molar-refractivity contribution in [3.05, 3.63) is 23.5 Å². The maximum absolute atomic E-state index is 11.4. The number of thioether (sulfide) groups is 1. The lowest BCUT2D eigenvalue weighted by molar-refractivity contribution is -0.192. The third-order valence-corrected chi connectivity index (χ3v) is 4.88. The van der Waals surface area contributed by atoms with E-state index < -0.39 is 12.1 Å². The van der Waals surface area contributed by atoms with Crippen LogP contribution in [0.2, 0.25) is 0 Å². The molecule has 1 aromatic rings. The molecule has 12 heteroatoms. The predicted octanol–water partition coefficient (Wildman–Crippen LogP) is 2.49. The van der Waals surface area contributed by atoms with Crippen molar-refractivity contribution in [2.45, 2.75) is 44.7 Å². The second-order valence-electron chi connectivity index (χ2n) is 6.14. The summed E-state index contributed by atoms with van der Waals surface area (Å²) in [6.07, 6.45) is 0.0676. The zero-order chi connectivity index (χ0) is 22.7. The number of ether oxygens (including phenoxy) is 1. The summed E-state index contributed by atoms with van der Waals surface area (Å²) in [6.45, 7) is 6.01. The molecule has 0 amide bonds. The van der Waals surface area contributed by atoms with Crippen molar-refractivity contribution in [3.63, 3.8) is 0 Å². The molecule has 0 spiro atoms. The number of nitrogens with zero attached hydrogens (tertiary/aromatic N) is 2. The second-order valence-corrected chi connectivity index (χ2v) is 7.52. The molecule has 168 valence electrons. The third kappa shape index (κ3) is 9.92. The van der Waals surface area contributed by atoms with E-state index in [1.807, 2.05) is 18.3 Å². The predicted molar refractivity (Wildman–Crippen MR) is 105 cm³/mol. The Hall–Kier alpha value is -2.34. The van der Waals surface area contributed by atoms with E-state index in [-0.39, 0.29) is 16.3 Å². The van der Waals surface area contributed by atoms with Crippen LogP contribution in [0.3, 0.4) is 0 Å². The van der Waals surface area contributed by atoms with Crippen LogP contribution >= 0.6 is 11.8 Å². The van der Waals surface area contributed by atoms with Gasteiger partial charge in [0, 0.05) is 24.9 Å². The number of carbonyl (C=O) groups excluding carboxylic acids is 2. The molecule has 1 aromatic heterocycles. The van der Waals surface area contributed by atoms with Gasteiger partial charge in [-0.15, -0.1) is 0 Å².